The average Bonchev–Trinajstić information content (AvgIpc) is 3.12. The largest absolute Gasteiger partial charge is 0.507 e. The molecule has 1 aromatic carbocycles. The molecule has 1 N–H and O–H groups in total. The van der Waals surface area contributed by atoms with Gasteiger partial charge in [0.05, 0.1) is 24.8 Å². The lowest BCUT2D eigenvalue weighted by atomic mass is 9.96. The van der Waals surface area contributed by atoms with Gasteiger partial charge >= 0.3 is 0 Å². The second-order valence-electron chi connectivity index (χ2n) is 8.09. The monoisotopic (exact) mass is 451 g/mol. The maximum atomic E-state index is 13.1. The minimum absolute atomic E-state index is 0.0478. The van der Waals surface area contributed by atoms with Gasteiger partial charge in [-0.3, -0.25) is 19.5 Å². The highest BCUT2D eigenvalue weighted by molar-refractivity contribution is 6.46. The van der Waals surface area contributed by atoms with Crippen LogP contribution in [0, 0.1) is 0 Å². The fourth-order valence-corrected chi connectivity index (χ4v) is 4.41. The topological polar surface area (TPSA) is 101 Å². The molecule has 0 radical (unpaired) electrons. The van der Waals surface area contributed by atoms with Crippen LogP contribution < -0.4 is 9.47 Å². The van der Waals surface area contributed by atoms with E-state index in [1.54, 1.807) is 36.7 Å². The molecule has 1 amide bonds. The molecule has 0 aliphatic carbocycles. The van der Waals surface area contributed by atoms with Crippen LogP contribution in [0.2, 0.25) is 0 Å². The number of amides is 1. The Bertz CT molecular complexity index is 1080. The lowest BCUT2D eigenvalue weighted by Crippen LogP contribution is -2.42. The normalized spacial score (nSPS) is 22.5. The number of benzene rings is 1. The minimum Gasteiger partial charge on any atom is -0.507 e. The van der Waals surface area contributed by atoms with Crippen molar-refractivity contribution in [3.05, 3.63) is 59.4 Å². The highest BCUT2D eigenvalue weighted by Gasteiger charge is 2.46. The Labute approximate surface area is 191 Å². The summed E-state index contributed by atoms with van der Waals surface area (Å²) in [5.41, 5.74) is 1.10. The number of pyridine rings is 1. The van der Waals surface area contributed by atoms with Crippen molar-refractivity contribution in [2.45, 2.75) is 6.04 Å². The number of aromatic nitrogens is 1. The van der Waals surface area contributed by atoms with Gasteiger partial charge in [0.25, 0.3) is 11.7 Å². The number of carbonyl (C=O) groups excluding carboxylic acids is 2. The number of ether oxygens (including phenoxy) is 3. The van der Waals surface area contributed by atoms with Crippen LogP contribution in [0.15, 0.2) is 48.3 Å². The Morgan fingerprint density at radius 2 is 1.82 bits per heavy atom. The van der Waals surface area contributed by atoms with Gasteiger partial charge in [0.1, 0.15) is 19.0 Å². The molecule has 4 heterocycles. The van der Waals surface area contributed by atoms with E-state index < -0.39 is 17.7 Å². The summed E-state index contributed by atoms with van der Waals surface area (Å²) in [6, 6.07) is 7.81. The third-order valence-corrected chi connectivity index (χ3v) is 6.12. The van der Waals surface area contributed by atoms with Gasteiger partial charge in [-0.05, 0) is 29.8 Å². The van der Waals surface area contributed by atoms with E-state index in [9.17, 15) is 14.7 Å². The number of hydrogen-bond acceptors (Lipinski definition) is 8. The first-order chi connectivity index (χ1) is 16.1. The van der Waals surface area contributed by atoms with Crippen LogP contribution in [0.1, 0.15) is 17.2 Å². The van der Waals surface area contributed by atoms with Crippen molar-refractivity contribution in [2.24, 2.45) is 0 Å². The molecule has 3 aliphatic rings. The maximum absolute atomic E-state index is 13.1. The summed E-state index contributed by atoms with van der Waals surface area (Å²) < 4.78 is 16.6. The van der Waals surface area contributed by atoms with E-state index in [1.807, 2.05) is 6.07 Å². The lowest BCUT2D eigenvalue weighted by Gasteiger charge is -2.30. The number of Topliss-reactive ketones (excluding diaryl/α,β-unsaturated/α-hetero) is 1. The molecule has 5 rings (SSSR count). The molecule has 0 saturated carbocycles. The van der Waals surface area contributed by atoms with Crippen LogP contribution in [0.4, 0.5) is 0 Å². The van der Waals surface area contributed by atoms with Crippen LogP contribution in [-0.2, 0) is 14.3 Å². The fraction of sp³-hybridized carbons (Fsp3) is 0.375. The number of ketones is 1. The van der Waals surface area contributed by atoms with Gasteiger partial charge in [0.2, 0.25) is 0 Å². The van der Waals surface area contributed by atoms with Crippen molar-refractivity contribution in [3.63, 3.8) is 0 Å². The second-order valence-corrected chi connectivity index (χ2v) is 8.09. The third-order valence-electron chi connectivity index (χ3n) is 6.12. The Balaban J connectivity index is 1.52. The Hall–Kier alpha value is -3.43. The molecule has 0 bridgehead atoms. The van der Waals surface area contributed by atoms with E-state index in [4.69, 9.17) is 14.2 Å². The van der Waals surface area contributed by atoms with Gasteiger partial charge in [0.15, 0.2) is 11.5 Å². The SMILES string of the molecule is O=C1C(=O)N(CCN2CCOCC2)C(c2cccnc2)C1=C(O)c1ccc2c(c1)OCCO2. The molecule has 9 nitrogen and oxygen atoms in total. The number of rotatable bonds is 5. The molecule has 33 heavy (non-hydrogen) atoms. The van der Waals surface area contributed by atoms with Crippen molar-refractivity contribution in [2.75, 3.05) is 52.6 Å². The average molecular weight is 451 g/mol. The highest BCUT2D eigenvalue weighted by Crippen LogP contribution is 2.40. The first kappa shape index (κ1) is 21.4. The van der Waals surface area contributed by atoms with Gasteiger partial charge in [0, 0.05) is 44.1 Å². The molecular weight excluding hydrogens is 426 g/mol. The highest BCUT2D eigenvalue weighted by atomic mass is 16.6. The van der Waals surface area contributed by atoms with Crippen molar-refractivity contribution < 1.29 is 28.9 Å². The van der Waals surface area contributed by atoms with Crippen molar-refractivity contribution in [3.8, 4) is 11.5 Å². The predicted molar refractivity (Wildman–Crippen MR) is 118 cm³/mol. The number of morpholine rings is 1. The molecule has 2 aromatic rings. The summed E-state index contributed by atoms with van der Waals surface area (Å²) in [7, 11) is 0. The van der Waals surface area contributed by atoms with E-state index in [0.717, 1.165) is 13.1 Å². The molecule has 1 atom stereocenters. The minimum atomic E-state index is -0.729. The Morgan fingerprint density at radius 1 is 1.03 bits per heavy atom. The number of aliphatic hydroxyl groups excluding tert-OH is 1. The summed E-state index contributed by atoms with van der Waals surface area (Å²) in [5.74, 6) is -0.514. The van der Waals surface area contributed by atoms with Gasteiger partial charge in [-0.25, -0.2) is 0 Å². The summed E-state index contributed by atoms with van der Waals surface area (Å²) in [4.78, 5) is 34.1. The van der Waals surface area contributed by atoms with Gasteiger partial charge in [-0.15, -0.1) is 0 Å². The molecule has 172 valence electrons. The fourth-order valence-electron chi connectivity index (χ4n) is 4.41. The first-order valence-corrected chi connectivity index (χ1v) is 11.0. The number of aliphatic hydroxyl groups is 1. The number of hydrogen-bond donors (Lipinski definition) is 1. The number of nitrogens with zero attached hydrogens (tertiary/aromatic N) is 3. The van der Waals surface area contributed by atoms with Crippen molar-refractivity contribution >= 4 is 17.4 Å². The summed E-state index contributed by atoms with van der Waals surface area (Å²) in [6.07, 6.45) is 3.25. The molecule has 0 spiro atoms. The number of likely N-dealkylation sites (tertiary alicyclic amines) is 1. The molecule has 9 heteroatoms. The zero-order valence-corrected chi connectivity index (χ0v) is 18.1. The zero-order valence-electron chi connectivity index (χ0n) is 18.1. The zero-order chi connectivity index (χ0) is 22.8. The van der Waals surface area contributed by atoms with Crippen LogP contribution in [-0.4, -0.2) is 84.2 Å². The van der Waals surface area contributed by atoms with Gasteiger partial charge < -0.3 is 24.2 Å². The molecule has 1 aromatic heterocycles. The lowest BCUT2D eigenvalue weighted by molar-refractivity contribution is -0.140. The van der Waals surface area contributed by atoms with Crippen molar-refractivity contribution in [1.82, 2.24) is 14.8 Å². The first-order valence-electron chi connectivity index (χ1n) is 11.0. The maximum Gasteiger partial charge on any atom is 0.295 e. The molecule has 2 saturated heterocycles. The third kappa shape index (κ3) is 4.17. The van der Waals surface area contributed by atoms with Crippen LogP contribution in [0.5, 0.6) is 11.5 Å². The van der Waals surface area contributed by atoms with Crippen LogP contribution in [0.3, 0.4) is 0 Å². The van der Waals surface area contributed by atoms with Gasteiger partial charge in [-0.2, -0.15) is 0 Å². The van der Waals surface area contributed by atoms with E-state index in [2.05, 4.69) is 9.88 Å². The smallest absolute Gasteiger partial charge is 0.295 e. The van der Waals surface area contributed by atoms with E-state index in [1.165, 1.54) is 4.90 Å². The number of fused-ring (bicyclic) bond motifs is 1. The summed E-state index contributed by atoms with van der Waals surface area (Å²) in [6.45, 7) is 4.66. The summed E-state index contributed by atoms with van der Waals surface area (Å²) in [5, 5.41) is 11.2. The van der Waals surface area contributed by atoms with Crippen molar-refractivity contribution in [1.29, 1.82) is 0 Å². The second kappa shape index (κ2) is 9.21. The van der Waals surface area contributed by atoms with E-state index >= 15 is 0 Å². The molecular formula is C24H25N3O6. The number of carbonyl (C=O) groups is 2. The van der Waals surface area contributed by atoms with E-state index in [-0.39, 0.29) is 11.3 Å². The quantitative estimate of drug-likeness (QED) is 0.416. The van der Waals surface area contributed by atoms with E-state index in [0.29, 0.717) is 62.1 Å². The van der Waals surface area contributed by atoms with Gasteiger partial charge in [-0.1, -0.05) is 6.07 Å². The Kier molecular flexibility index (Phi) is 5.97. The Morgan fingerprint density at radius 3 is 2.58 bits per heavy atom. The predicted octanol–water partition coefficient (Wildman–Crippen LogP) is 1.61. The summed E-state index contributed by atoms with van der Waals surface area (Å²) >= 11 is 0. The molecule has 1 unspecified atom stereocenters. The molecule has 2 fully saturated rings. The standard InChI is InChI=1S/C24H25N3O6/c28-22(16-3-4-18-19(14-16)33-13-12-32-18)20-21(17-2-1-5-25-15-17)27(24(30)23(20)29)7-6-26-8-10-31-11-9-26/h1-5,14-15,21,28H,6-13H2. The van der Waals surface area contributed by atoms with Crippen LogP contribution >= 0.6 is 0 Å². The molecule has 3 aliphatic heterocycles. The van der Waals surface area contributed by atoms with Crippen LogP contribution in [0.25, 0.3) is 5.76 Å².